The van der Waals surface area contributed by atoms with Gasteiger partial charge in [0.1, 0.15) is 17.7 Å². The van der Waals surface area contributed by atoms with Crippen LogP contribution in [-0.2, 0) is 0 Å². The molecule has 21 heavy (non-hydrogen) atoms. The van der Waals surface area contributed by atoms with E-state index in [1.165, 1.54) is 25.0 Å². The smallest absolute Gasteiger partial charge is 0.123 e. The molecule has 0 bridgehead atoms. The van der Waals surface area contributed by atoms with Crippen molar-refractivity contribution in [3.63, 3.8) is 0 Å². The second-order valence-corrected chi connectivity index (χ2v) is 6.96. The highest BCUT2D eigenvalue weighted by atomic mass is 19.1. The van der Waals surface area contributed by atoms with Gasteiger partial charge in [-0.2, -0.15) is 0 Å². The Morgan fingerprint density at radius 2 is 1.90 bits per heavy atom. The minimum Gasteiger partial charge on any atom is -0.490 e. The molecule has 1 fully saturated rings. The van der Waals surface area contributed by atoms with E-state index in [1.807, 2.05) is 0 Å². The Morgan fingerprint density at radius 3 is 2.48 bits per heavy atom. The fraction of sp³-hybridized carbons (Fsp3) is 0.667. The van der Waals surface area contributed by atoms with Gasteiger partial charge in [-0.15, -0.1) is 0 Å². The largest absolute Gasteiger partial charge is 0.490 e. The molecular weight excluding hydrogens is 265 g/mol. The van der Waals surface area contributed by atoms with Gasteiger partial charge < -0.3 is 10.5 Å². The fourth-order valence-corrected chi connectivity index (χ4v) is 3.29. The molecule has 1 aromatic rings. The number of ether oxygens (including phenoxy) is 1. The molecular formula is C18H28FNO. The summed E-state index contributed by atoms with van der Waals surface area (Å²) in [6, 6.07) is 6.31. The maximum atomic E-state index is 13.0. The minimum absolute atomic E-state index is 0.144. The van der Waals surface area contributed by atoms with Gasteiger partial charge >= 0.3 is 0 Å². The Kier molecular flexibility index (Phi) is 5.26. The first kappa shape index (κ1) is 16.3. The van der Waals surface area contributed by atoms with Crippen molar-refractivity contribution in [2.75, 3.05) is 6.54 Å². The van der Waals surface area contributed by atoms with Crippen LogP contribution in [0.5, 0.6) is 5.75 Å². The highest BCUT2D eigenvalue weighted by molar-refractivity contribution is 5.22. The van der Waals surface area contributed by atoms with Gasteiger partial charge in [0.2, 0.25) is 0 Å². The molecule has 3 unspecified atom stereocenters. The molecule has 3 heteroatoms. The van der Waals surface area contributed by atoms with Crippen molar-refractivity contribution < 1.29 is 9.13 Å². The molecule has 2 rings (SSSR count). The van der Waals surface area contributed by atoms with E-state index in [2.05, 4.69) is 20.8 Å². The third-order valence-electron chi connectivity index (χ3n) is 5.35. The quantitative estimate of drug-likeness (QED) is 0.874. The zero-order chi connectivity index (χ0) is 15.5. The summed E-state index contributed by atoms with van der Waals surface area (Å²) < 4.78 is 19.1. The van der Waals surface area contributed by atoms with Crippen LogP contribution in [0.3, 0.4) is 0 Å². The van der Waals surface area contributed by atoms with Crippen LogP contribution in [-0.4, -0.2) is 12.6 Å². The zero-order valence-corrected chi connectivity index (χ0v) is 13.4. The summed E-state index contributed by atoms with van der Waals surface area (Å²) >= 11 is 0. The first-order valence-corrected chi connectivity index (χ1v) is 8.08. The van der Waals surface area contributed by atoms with Gasteiger partial charge in [-0.05, 0) is 61.4 Å². The molecule has 0 amide bonds. The first-order valence-electron chi connectivity index (χ1n) is 8.08. The van der Waals surface area contributed by atoms with E-state index in [0.29, 0.717) is 23.8 Å². The number of rotatable bonds is 5. The van der Waals surface area contributed by atoms with Crippen molar-refractivity contribution >= 4 is 0 Å². The van der Waals surface area contributed by atoms with Crippen LogP contribution in [0.1, 0.15) is 46.5 Å². The Hall–Kier alpha value is -1.09. The molecule has 1 aromatic carbocycles. The van der Waals surface area contributed by atoms with Gasteiger partial charge in [-0.1, -0.05) is 27.2 Å². The number of hydrogen-bond donors (Lipinski definition) is 1. The van der Waals surface area contributed by atoms with E-state index in [9.17, 15) is 4.39 Å². The van der Waals surface area contributed by atoms with Crippen LogP contribution in [0, 0.1) is 23.1 Å². The van der Waals surface area contributed by atoms with Crippen LogP contribution >= 0.6 is 0 Å². The number of halogens is 1. The van der Waals surface area contributed by atoms with Gasteiger partial charge in [0, 0.05) is 5.92 Å². The van der Waals surface area contributed by atoms with Crippen LogP contribution < -0.4 is 10.5 Å². The van der Waals surface area contributed by atoms with E-state index >= 15 is 0 Å². The summed E-state index contributed by atoms with van der Waals surface area (Å²) in [5.74, 6) is 1.58. The monoisotopic (exact) mass is 293 g/mol. The van der Waals surface area contributed by atoms with E-state index in [0.717, 1.165) is 18.6 Å². The molecule has 0 saturated heterocycles. The summed E-state index contributed by atoms with van der Waals surface area (Å²) in [5, 5.41) is 0. The summed E-state index contributed by atoms with van der Waals surface area (Å²) in [4.78, 5) is 0. The average Bonchev–Trinajstić information content (AvgIpc) is 2.49. The predicted octanol–water partition coefficient (Wildman–Crippen LogP) is 4.38. The standard InChI is InChI=1S/C18H28FNO/c1-4-18(2,3)14-6-5-13(12-20)17(11-14)21-16-9-7-15(19)8-10-16/h7-10,13-14,17H,4-6,11-12,20H2,1-3H3. The van der Waals surface area contributed by atoms with Crippen molar-refractivity contribution in [2.24, 2.45) is 23.0 Å². The van der Waals surface area contributed by atoms with Gasteiger partial charge in [0.15, 0.2) is 0 Å². The SMILES string of the molecule is CCC(C)(C)C1CCC(CN)C(Oc2ccc(F)cc2)C1. The van der Waals surface area contributed by atoms with Crippen molar-refractivity contribution in [3.05, 3.63) is 30.1 Å². The molecule has 0 aromatic heterocycles. The fourth-order valence-electron chi connectivity index (χ4n) is 3.29. The van der Waals surface area contributed by atoms with Crippen molar-refractivity contribution in [3.8, 4) is 5.75 Å². The molecule has 1 aliphatic rings. The Balaban J connectivity index is 2.08. The molecule has 1 saturated carbocycles. The zero-order valence-electron chi connectivity index (χ0n) is 13.4. The van der Waals surface area contributed by atoms with Gasteiger partial charge in [-0.3, -0.25) is 0 Å². The summed E-state index contributed by atoms with van der Waals surface area (Å²) in [6.07, 6.45) is 4.71. The molecule has 3 atom stereocenters. The molecule has 1 aliphatic carbocycles. The summed E-state index contributed by atoms with van der Waals surface area (Å²) in [6.45, 7) is 7.60. The average molecular weight is 293 g/mol. The topological polar surface area (TPSA) is 35.2 Å². The molecule has 2 nitrogen and oxygen atoms in total. The van der Waals surface area contributed by atoms with Crippen LogP contribution in [0.4, 0.5) is 4.39 Å². The molecule has 0 heterocycles. The molecule has 0 spiro atoms. The first-order chi connectivity index (χ1) is 9.96. The van der Waals surface area contributed by atoms with E-state index in [1.54, 1.807) is 12.1 Å². The highest BCUT2D eigenvalue weighted by Crippen LogP contribution is 2.43. The van der Waals surface area contributed by atoms with Gasteiger partial charge in [0.05, 0.1) is 0 Å². The lowest BCUT2D eigenvalue weighted by atomic mass is 9.66. The van der Waals surface area contributed by atoms with Crippen LogP contribution in [0.25, 0.3) is 0 Å². The molecule has 0 aliphatic heterocycles. The number of nitrogens with two attached hydrogens (primary N) is 1. The normalized spacial score (nSPS) is 26.6. The minimum atomic E-state index is -0.230. The lowest BCUT2D eigenvalue weighted by Gasteiger charge is -2.42. The third-order valence-corrected chi connectivity index (χ3v) is 5.35. The molecule has 118 valence electrons. The predicted molar refractivity (Wildman–Crippen MR) is 84.8 cm³/mol. The summed E-state index contributed by atoms with van der Waals surface area (Å²) in [7, 11) is 0. The maximum absolute atomic E-state index is 13.0. The second-order valence-electron chi connectivity index (χ2n) is 6.96. The van der Waals surface area contributed by atoms with Crippen LogP contribution in [0.15, 0.2) is 24.3 Å². The van der Waals surface area contributed by atoms with Crippen molar-refractivity contribution in [2.45, 2.75) is 52.6 Å². The second kappa shape index (κ2) is 6.78. The lowest BCUT2D eigenvalue weighted by Crippen LogP contribution is -2.42. The maximum Gasteiger partial charge on any atom is 0.123 e. The molecule has 0 radical (unpaired) electrons. The number of benzene rings is 1. The van der Waals surface area contributed by atoms with E-state index in [-0.39, 0.29) is 11.9 Å². The Morgan fingerprint density at radius 1 is 1.24 bits per heavy atom. The van der Waals surface area contributed by atoms with E-state index in [4.69, 9.17) is 10.5 Å². The third kappa shape index (κ3) is 3.97. The highest BCUT2D eigenvalue weighted by Gasteiger charge is 2.37. The number of hydrogen-bond acceptors (Lipinski definition) is 2. The van der Waals surface area contributed by atoms with Crippen LogP contribution in [0.2, 0.25) is 0 Å². The lowest BCUT2D eigenvalue weighted by molar-refractivity contribution is 0.0259. The Labute approximate surface area is 127 Å². The summed E-state index contributed by atoms with van der Waals surface area (Å²) in [5.41, 5.74) is 6.26. The Bertz CT molecular complexity index is 443. The van der Waals surface area contributed by atoms with Crippen molar-refractivity contribution in [1.29, 1.82) is 0 Å². The molecule has 2 N–H and O–H groups in total. The van der Waals surface area contributed by atoms with E-state index < -0.39 is 0 Å². The van der Waals surface area contributed by atoms with Gasteiger partial charge in [-0.25, -0.2) is 4.39 Å². The van der Waals surface area contributed by atoms with Gasteiger partial charge in [0.25, 0.3) is 0 Å². The van der Waals surface area contributed by atoms with Crippen molar-refractivity contribution in [1.82, 2.24) is 0 Å².